The van der Waals surface area contributed by atoms with Crippen molar-refractivity contribution in [2.75, 3.05) is 42.9 Å². The third-order valence-electron chi connectivity index (χ3n) is 5.85. The fourth-order valence-electron chi connectivity index (χ4n) is 4.29. The van der Waals surface area contributed by atoms with Crippen LogP contribution in [0.2, 0.25) is 0 Å². The maximum absolute atomic E-state index is 14.4. The molecule has 162 valence electrons. The molecule has 2 amide bonds. The van der Waals surface area contributed by atoms with Gasteiger partial charge in [0.15, 0.2) is 11.5 Å². The summed E-state index contributed by atoms with van der Waals surface area (Å²) in [5, 5.41) is 10.8. The van der Waals surface area contributed by atoms with Crippen LogP contribution in [-0.4, -0.2) is 58.3 Å². The van der Waals surface area contributed by atoms with Crippen molar-refractivity contribution in [3.8, 4) is 0 Å². The Labute approximate surface area is 177 Å². The zero-order valence-corrected chi connectivity index (χ0v) is 16.9. The lowest BCUT2D eigenvalue weighted by Crippen LogP contribution is -2.48. The lowest BCUT2D eigenvalue weighted by Gasteiger charge is -2.27. The Morgan fingerprint density at radius 2 is 1.97 bits per heavy atom. The van der Waals surface area contributed by atoms with E-state index >= 15 is 0 Å². The molecule has 0 spiro atoms. The van der Waals surface area contributed by atoms with Crippen LogP contribution in [0.15, 0.2) is 36.5 Å². The predicted molar refractivity (Wildman–Crippen MR) is 112 cm³/mol. The molecule has 4 heterocycles. The zero-order chi connectivity index (χ0) is 21.4. The number of aromatic nitrogens is 3. The number of hydrogen-bond acceptors (Lipinski definition) is 5. The molecular weight excluding hydrogens is 404 g/mol. The summed E-state index contributed by atoms with van der Waals surface area (Å²) < 4.78 is 29.8. The number of rotatable bonds is 3. The molecule has 2 aliphatic heterocycles. The number of amides is 2. The third-order valence-corrected chi connectivity index (χ3v) is 5.85. The third kappa shape index (κ3) is 3.78. The fraction of sp³-hybridized carbons (Fsp3) is 0.381. The first-order valence-electron chi connectivity index (χ1n) is 10.4. The maximum Gasteiger partial charge on any atom is 0.323 e. The minimum absolute atomic E-state index is 0.198. The largest absolute Gasteiger partial charge is 0.348 e. The first-order valence-corrected chi connectivity index (χ1v) is 10.4. The number of anilines is 2. The number of halogens is 2. The van der Waals surface area contributed by atoms with Gasteiger partial charge in [-0.1, -0.05) is 0 Å². The highest BCUT2D eigenvalue weighted by atomic mass is 19.1. The summed E-state index contributed by atoms with van der Waals surface area (Å²) >= 11 is 0. The molecule has 8 nitrogen and oxygen atoms in total. The van der Waals surface area contributed by atoms with Gasteiger partial charge in [-0.25, -0.2) is 18.6 Å². The molecule has 0 aliphatic carbocycles. The van der Waals surface area contributed by atoms with Crippen LogP contribution in [0.1, 0.15) is 24.4 Å². The fourth-order valence-corrected chi connectivity index (χ4v) is 4.29. The molecule has 2 aromatic heterocycles. The van der Waals surface area contributed by atoms with Crippen LogP contribution in [0.25, 0.3) is 5.65 Å². The van der Waals surface area contributed by atoms with Crippen molar-refractivity contribution in [2.45, 2.75) is 18.9 Å². The topological polar surface area (TPSA) is 77.8 Å². The number of nitrogens with one attached hydrogen (secondary N) is 2. The Balaban J connectivity index is 1.43. The van der Waals surface area contributed by atoms with Gasteiger partial charge in [0.2, 0.25) is 0 Å². The quantitative estimate of drug-likeness (QED) is 0.672. The number of fused-ring (bicyclic) bond motifs is 1. The van der Waals surface area contributed by atoms with Crippen LogP contribution in [0.3, 0.4) is 0 Å². The van der Waals surface area contributed by atoms with Crippen LogP contribution in [0, 0.1) is 11.6 Å². The Bertz CT molecular complexity index is 1110. The SMILES string of the molecule is O=C(Nc1cnc2ccc(N3CCC[C@@H]3c3cc(F)ccc3F)nn12)N1CCNCC1. The molecule has 0 bridgehead atoms. The van der Waals surface area contributed by atoms with Gasteiger partial charge in [0.05, 0.1) is 12.2 Å². The van der Waals surface area contributed by atoms with E-state index in [1.807, 2.05) is 11.0 Å². The minimum Gasteiger partial charge on any atom is -0.348 e. The molecule has 5 rings (SSSR count). The van der Waals surface area contributed by atoms with Crippen molar-refractivity contribution in [3.63, 3.8) is 0 Å². The molecular formula is C21H23F2N7O. The standard InChI is InChI=1S/C21H23F2N7O/c22-14-3-4-16(23)15(12-14)17-2-1-9-29(17)19-6-5-18-25-13-20(30(18)27-19)26-21(31)28-10-7-24-8-11-28/h3-6,12-13,17,24H,1-2,7-11H2,(H,26,31)/t17-/m1/s1. The van der Waals surface area contributed by atoms with E-state index in [1.54, 1.807) is 21.7 Å². The lowest BCUT2D eigenvalue weighted by molar-refractivity contribution is 0.203. The van der Waals surface area contributed by atoms with Crippen molar-refractivity contribution >= 4 is 23.3 Å². The van der Waals surface area contributed by atoms with Gasteiger partial charge in [-0.2, -0.15) is 4.52 Å². The van der Waals surface area contributed by atoms with E-state index in [4.69, 9.17) is 0 Å². The molecule has 10 heteroatoms. The summed E-state index contributed by atoms with van der Waals surface area (Å²) in [7, 11) is 0. The van der Waals surface area contributed by atoms with Gasteiger partial charge in [0, 0.05) is 38.3 Å². The molecule has 0 unspecified atom stereocenters. The Morgan fingerprint density at radius 3 is 2.81 bits per heavy atom. The van der Waals surface area contributed by atoms with Crippen LogP contribution < -0.4 is 15.5 Å². The smallest absolute Gasteiger partial charge is 0.323 e. The van der Waals surface area contributed by atoms with Gasteiger partial charge in [0.25, 0.3) is 0 Å². The molecule has 2 saturated heterocycles. The summed E-state index contributed by atoms with van der Waals surface area (Å²) in [6.45, 7) is 3.47. The van der Waals surface area contributed by atoms with Gasteiger partial charge < -0.3 is 15.1 Å². The highest BCUT2D eigenvalue weighted by Gasteiger charge is 2.30. The monoisotopic (exact) mass is 427 g/mol. The Kier molecular flexibility index (Phi) is 5.14. The maximum atomic E-state index is 14.4. The minimum atomic E-state index is -0.459. The van der Waals surface area contributed by atoms with E-state index < -0.39 is 11.6 Å². The molecule has 1 aromatic carbocycles. The van der Waals surface area contributed by atoms with Crippen LogP contribution >= 0.6 is 0 Å². The Morgan fingerprint density at radius 1 is 1.13 bits per heavy atom. The second-order valence-corrected chi connectivity index (χ2v) is 7.79. The van der Waals surface area contributed by atoms with E-state index in [-0.39, 0.29) is 12.1 Å². The van der Waals surface area contributed by atoms with Crippen LogP contribution in [-0.2, 0) is 0 Å². The van der Waals surface area contributed by atoms with Crippen molar-refractivity contribution < 1.29 is 13.6 Å². The molecule has 2 fully saturated rings. The Hall–Kier alpha value is -3.27. The van der Waals surface area contributed by atoms with Crippen molar-refractivity contribution in [2.24, 2.45) is 0 Å². The zero-order valence-electron chi connectivity index (χ0n) is 16.9. The summed E-state index contributed by atoms with van der Waals surface area (Å²) in [5.41, 5.74) is 0.921. The molecule has 31 heavy (non-hydrogen) atoms. The van der Waals surface area contributed by atoms with Gasteiger partial charge >= 0.3 is 6.03 Å². The van der Waals surface area contributed by atoms with Crippen molar-refractivity contribution in [1.29, 1.82) is 0 Å². The number of urea groups is 1. The number of imidazole rings is 1. The van der Waals surface area contributed by atoms with Crippen molar-refractivity contribution in [3.05, 3.63) is 53.7 Å². The molecule has 0 radical (unpaired) electrons. The van der Waals surface area contributed by atoms with Gasteiger partial charge in [0.1, 0.15) is 17.5 Å². The lowest BCUT2D eigenvalue weighted by atomic mass is 10.0. The average molecular weight is 427 g/mol. The molecule has 2 aliphatic rings. The number of carbonyl (C=O) groups is 1. The van der Waals surface area contributed by atoms with E-state index in [0.29, 0.717) is 48.9 Å². The van der Waals surface area contributed by atoms with Crippen molar-refractivity contribution in [1.82, 2.24) is 24.8 Å². The molecule has 0 saturated carbocycles. The van der Waals surface area contributed by atoms with Gasteiger partial charge in [-0.05, 0) is 43.2 Å². The number of nitrogens with zero attached hydrogens (tertiary/aromatic N) is 5. The molecule has 2 N–H and O–H groups in total. The first-order chi connectivity index (χ1) is 15.1. The molecule has 1 atom stereocenters. The second-order valence-electron chi connectivity index (χ2n) is 7.79. The predicted octanol–water partition coefficient (Wildman–Crippen LogP) is 2.79. The van der Waals surface area contributed by atoms with Crippen LogP contribution in [0.4, 0.5) is 25.2 Å². The van der Waals surface area contributed by atoms with E-state index in [9.17, 15) is 13.6 Å². The summed E-state index contributed by atoms with van der Waals surface area (Å²) in [5.74, 6) is 0.201. The summed E-state index contributed by atoms with van der Waals surface area (Å²) in [6.07, 6.45) is 3.12. The highest BCUT2D eigenvalue weighted by molar-refractivity contribution is 5.88. The summed E-state index contributed by atoms with van der Waals surface area (Å²) in [6, 6.07) is 6.67. The van der Waals surface area contributed by atoms with Gasteiger partial charge in [-0.15, -0.1) is 5.10 Å². The van der Waals surface area contributed by atoms with Crippen LogP contribution in [0.5, 0.6) is 0 Å². The van der Waals surface area contributed by atoms with E-state index in [1.165, 1.54) is 6.07 Å². The van der Waals surface area contributed by atoms with Gasteiger partial charge in [-0.3, -0.25) is 5.32 Å². The average Bonchev–Trinajstić information content (AvgIpc) is 3.43. The van der Waals surface area contributed by atoms with E-state index in [0.717, 1.165) is 31.6 Å². The highest BCUT2D eigenvalue weighted by Crippen LogP contribution is 2.36. The van der Waals surface area contributed by atoms with E-state index in [2.05, 4.69) is 20.7 Å². The number of hydrogen-bond donors (Lipinski definition) is 2. The normalized spacial score (nSPS) is 19.2. The molecule has 3 aromatic rings. The number of benzene rings is 1. The second kappa shape index (κ2) is 8.10. The summed E-state index contributed by atoms with van der Waals surface area (Å²) in [4.78, 5) is 20.6. The first kappa shape index (κ1) is 19.7. The number of carbonyl (C=O) groups excluding carboxylic acids is 1. The number of piperazine rings is 1.